The van der Waals surface area contributed by atoms with E-state index in [9.17, 15) is 5.48 Å². The summed E-state index contributed by atoms with van der Waals surface area (Å²) in [7, 11) is 0. The fourth-order valence-electron chi connectivity index (χ4n) is 8.12. The number of hydrogen-bond donors (Lipinski definition) is 0. The third kappa shape index (κ3) is 5.98. The SMILES string of the molecule is [2H]c1c([2H])c([2H])c2c(c1[2H])c1c([2H])c([2H])c([2H])c([2H])c1n2-c1nc(-c2cc(-c3ccccc3)cc(-c3ccccc3-c3cccc(-c4ccccc4)c3)c2)nc(-n2c3c([2H])c([2H])c([2H])c([2H])c3c3c([2H])c([2H])c([2H])c([2H])c32)n1. The van der Waals surface area contributed by atoms with Gasteiger partial charge in [0.2, 0.25) is 11.9 Å². The van der Waals surface area contributed by atoms with Crippen LogP contribution in [0.2, 0.25) is 0 Å². The van der Waals surface area contributed by atoms with Crippen molar-refractivity contribution in [3.63, 3.8) is 0 Å². The number of benzene rings is 9. The summed E-state index contributed by atoms with van der Waals surface area (Å²) in [4.78, 5) is 14.9. The monoisotopic (exact) mass is 807 g/mol. The van der Waals surface area contributed by atoms with Gasteiger partial charge in [0.25, 0.3) is 0 Å². The molecule has 0 bridgehead atoms. The number of rotatable bonds is 7. The fraction of sp³-hybridized carbons (Fsp3) is 0. The van der Waals surface area contributed by atoms with Crippen molar-refractivity contribution in [2.24, 2.45) is 0 Å². The van der Waals surface area contributed by atoms with Crippen LogP contribution in [0, 0.1) is 0 Å². The molecular formula is C57H37N5. The van der Waals surface area contributed by atoms with Crippen LogP contribution in [0.3, 0.4) is 0 Å². The highest BCUT2D eigenvalue weighted by atomic mass is 15.3. The number of nitrogens with zero attached hydrogens (tertiary/aromatic N) is 5. The second-order valence-electron chi connectivity index (χ2n) is 14.5. The molecule has 5 heteroatoms. The molecule has 5 nitrogen and oxygen atoms in total. The first-order valence-corrected chi connectivity index (χ1v) is 19.6. The fourth-order valence-corrected chi connectivity index (χ4v) is 8.12. The summed E-state index contributed by atoms with van der Waals surface area (Å²) in [6.45, 7) is 0. The molecule has 0 spiro atoms. The number of para-hydroxylation sites is 4. The summed E-state index contributed by atoms with van der Waals surface area (Å²) in [6.07, 6.45) is 0. The summed E-state index contributed by atoms with van der Waals surface area (Å²) in [5, 5.41) is -1.08. The van der Waals surface area contributed by atoms with Crippen molar-refractivity contribution < 1.29 is 21.9 Å². The Morgan fingerprint density at radius 1 is 0.306 bits per heavy atom. The largest absolute Gasteiger partial charge is 0.278 e. The molecule has 9 aromatic carbocycles. The van der Waals surface area contributed by atoms with Crippen molar-refractivity contribution in [3.05, 3.63) is 224 Å². The average molecular weight is 808 g/mol. The van der Waals surface area contributed by atoms with E-state index in [1.165, 1.54) is 0 Å². The Bertz CT molecular complexity index is 4250. The Morgan fingerprint density at radius 2 is 0.677 bits per heavy atom. The van der Waals surface area contributed by atoms with E-state index in [1.807, 2.05) is 115 Å². The van der Waals surface area contributed by atoms with Crippen molar-refractivity contribution in [3.8, 4) is 67.8 Å². The van der Waals surface area contributed by atoms with Crippen molar-refractivity contribution in [1.29, 1.82) is 0 Å². The zero-order valence-corrected chi connectivity index (χ0v) is 32.4. The highest BCUT2D eigenvalue weighted by Gasteiger charge is 2.21. The van der Waals surface area contributed by atoms with Gasteiger partial charge in [0, 0.05) is 27.1 Å². The van der Waals surface area contributed by atoms with Gasteiger partial charge in [-0.3, -0.25) is 9.13 Å². The molecule has 0 N–H and O–H groups in total. The lowest BCUT2D eigenvalue weighted by atomic mass is 9.90. The van der Waals surface area contributed by atoms with Crippen LogP contribution in [-0.2, 0) is 0 Å². The van der Waals surface area contributed by atoms with Crippen molar-refractivity contribution >= 4 is 43.6 Å². The molecule has 0 saturated carbocycles. The van der Waals surface area contributed by atoms with Gasteiger partial charge in [0.05, 0.1) is 44.0 Å². The predicted octanol–water partition coefficient (Wildman–Crippen LogP) is 14.4. The Kier molecular flexibility index (Phi) is 5.41. The smallest absolute Gasteiger partial charge is 0.240 e. The Hall–Kier alpha value is -8.41. The van der Waals surface area contributed by atoms with Gasteiger partial charge in [-0.05, 0) is 92.9 Å². The van der Waals surface area contributed by atoms with Crippen LogP contribution in [0.5, 0.6) is 0 Å². The standard InChI is InChI=1S/C57H37N5/c1-3-18-38(19-4-1)40-22-17-23-41(34-40)45-24-7-8-25-46(45)43-35-42(39-20-5-2-6-21-39)36-44(37-43)55-58-56(61-51-30-13-9-26-47(51)48-27-10-14-31-52(48)61)60-57(59-55)62-53-32-15-11-28-49(53)50-29-12-16-33-54(50)62/h1-37H/i9D,10D,11D,12D,13D,14D,15D,16D,26D,27D,28D,29D,30D,31D,32D,33D. The molecule has 3 heterocycles. The summed E-state index contributed by atoms with van der Waals surface area (Å²) >= 11 is 0. The minimum atomic E-state index is -0.705. The van der Waals surface area contributed by atoms with Gasteiger partial charge < -0.3 is 0 Å². The highest BCUT2D eigenvalue weighted by Crippen LogP contribution is 2.40. The van der Waals surface area contributed by atoms with Crippen LogP contribution in [0.4, 0.5) is 0 Å². The third-order valence-corrected chi connectivity index (χ3v) is 10.9. The molecule has 0 aliphatic heterocycles. The number of aromatic nitrogens is 5. The molecule has 12 aromatic rings. The maximum Gasteiger partial charge on any atom is 0.240 e. The van der Waals surface area contributed by atoms with Gasteiger partial charge in [0.1, 0.15) is 0 Å². The van der Waals surface area contributed by atoms with Gasteiger partial charge >= 0.3 is 0 Å². The highest BCUT2D eigenvalue weighted by molar-refractivity contribution is 6.10. The van der Waals surface area contributed by atoms with E-state index < -0.39 is 109 Å². The molecule has 0 fully saturated rings. The van der Waals surface area contributed by atoms with E-state index in [2.05, 4.69) is 6.07 Å². The maximum absolute atomic E-state index is 9.34. The number of hydrogen-bond acceptors (Lipinski definition) is 3. The molecule has 0 radical (unpaired) electrons. The predicted molar refractivity (Wildman–Crippen MR) is 256 cm³/mol. The molecule has 0 aliphatic rings. The third-order valence-electron chi connectivity index (χ3n) is 10.9. The van der Waals surface area contributed by atoms with Crippen molar-refractivity contribution in [1.82, 2.24) is 24.1 Å². The maximum atomic E-state index is 9.34. The van der Waals surface area contributed by atoms with Crippen molar-refractivity contribution in [2.75, 3.05) is 0 Å². The quantitative estimate of drug-likeness (QED) is 0.161. The van der Waals surface area contributed by atoms with Crippen LogP contribution in [-0.4, -0.2) is 24.1 Å². The lowest BCUT2D eigenvalue weighted by Gasteiger charge is -2.16. The molecule has 290 valence electrons. The molecule has 0 unspecified atom stereocenters. The van der Waals surface area contributed by atoms with Crippen LogP contribution in [0.15, 0.2) is 224 Å². The molecule has 0 aliphatic carbocycles. The summed E-state index contributed by atoms with van der Waals surface area (Å²) in [5.41, 5.74) is 5.70. The zero-order valence-electron chi connectivity index (χ0n) is 48.4. The Morgan fingerprint density at radius 3 is 1.19 bits per heavy atom. The van der Waals surface area contributed by atoms with E-state index >= 15 is 0 Å². The number of fused-ring (bicyclic) bond motifs is 6. The lowest BCUT2D eigenvalue weighted by Crippen LogP contribution is -2.10. The second kappa shape index (κ2) is 14.7. The van der Waals surface area contributed by atoms with E-state index in [0.717, 1.165) is 42.5 Å². The first-order valence-electron chi connectivity index (χ1n) is 27.6. The van der Waals surface area contributed by atoms with E-state index in [-0.39, 0.29) is 49.4 Å². The van der Waals surface area contributed by atoms with Crippen molar-refractivity contribution in [2.45, 2.75) is 0 Å². The minimum Gasteiger partial charge on any atom is -0.278 e. The van der Waals surface area contributed by atoms with E-state index in [4.69, 9.17) is 31.4 Å². The molecule has 0 saturated heterocycles. The van der Waals surface area contributed by atoms with Gasteiger partial charge in [-0.2, -0.15) is 15.0 Å². The lowest BCUT2D eigenvalue weighted by molar-refractivity contribution is 0.893. The molecule has 3 aromatic heterocycles. The molecule has 12 rings (SSSR count). The normalized spacial score (nSPS) is 15.2. The van der Waals surface area contributed by atoms with Gasteiger partial charge in [-0.25, -0.2) is 0 Å². The van der Waals surface area contributed by atoms with E-state index in [0.29, 0.717) is 16.7 Å². The van der Waals surface area contributed by atoms with Crippen LogP contribution in [0.1, 0.15) is 21.9 Å². The van der Waals surface area contributed by atoms with Crippen LogP contribution < -0.4 is 0 Å². The topological polar surface area (TPSA) is 48.5 Å². The Labute approximate surface area is 381 Å². The second-order valence-corrected chi connectivity index (χ2v) is 14.5. The first kappa shape index (κ1) is 22.8. The summed E-state index contributed by atoms with van der Waals surface area (Å²) in [5.74, 6) is -1.12. The minimum absolute atomic E-state index is 0.161. The Balaban J connectivity index is 1.25. The van der Waals surface area contributed by atoms with E-state index in [1.54, 1.807) is 6.07 Å². The van der Waals surface area contributed by atoms with Gasteiger partial charge in [-0.15, -0.1) is 0 Å². The molecular weight excluding hydrogens is 755 g/mol. The molecule has 0 atom stereocenters. The zero-order chi connectivity index (χ0) is 54.9. The average Bonchev–Trinajstić information content (AvgIpc) is 4.16. The summed E-state index contributed by atoms with van der Waals surface area (Å²) in [6, 6.07) is 30.4. The van der Waals surface area contributed by atoms with Gasteiger partial charge in [0.15, 0.2) is 5.82 Å². The van der Waals surface area contributed by atoms with Crippen LogP contribution >= 0.6 is 0 Å². The molecule has 62 heavy (non-hydrogen) atoms. The van der Waals surface area contributed by atoms with Gasteiger partial charge in [-0.1, -0.05) is 176 Å². The van der Waals surface area contributed by atoms with Crippen LogP contribution in [0.25, 0.3) is 111 Å². The summed E-state index contributed by atoms with van der Waals surface area (Å²) < 4.78 is 146. The molecule has 0 amide bonds. The first-order chi connectivity index (χ1) is 37.4.